The number of esters is 1. The summed E-state index contributed by atoms with van der Waals surface area (Å²) in [7, 11) is 0. The molecular formula is C21H18N2O5. The number of carbonyl (C=O) groups is 1. The van der Waals surface area contributed by atoms with Crippen molar-refractivity contribution in [3.8, 4) is 11.5 Å². The third kappa shape index (κ3) is 4.32. The van der Waals surface area contributed by atoms with E-state index in [1.54, 1.807) is 25.1 Å². The number of fused-ring (bicyclic) bond motifs is 1. The van der Waals surface area contributed by atoms with Gasteiger partial charge in [0, 0.05) is 18.4 Å². The van der Waals surface area contributed by atoms with Crippen molar-refractivity contribution in [1.29, 1.82) is 0 Å². The largest absolute Gasteiger partial charge is 0.490 e. The first-order valence-corrected chi connectivity index (χ1v) is 8.65. The molecule has 0 saturated carbocycles. The van der Waals surface area contributed by atoms with Crippen molar-refractivity contribution in [2.24, 2.45) is 0 Å². The number of rotatable bonds is 6. The second-order valence-corrected chi connectivity index (χ2v) is 5.91. The van der Waals surface area contributed by atoms with E-state index in [1.165, 1.54) is 13.0 Å². The molecule has 0 aliphatic carbocycles. The molecule has 1 heterocycles. The Balaban J connectivity index is 2.01. The summed E-state index contributed by atoms with van der Waals surface area (Å²) in [5.41, 5.74) is 1.76. The molecule has 0 spiro atoms. The minimum atomic E-state index is -0.660. The van der Waals surface area contributed by atoms with Crippen LogP contribution >= 0.6 is 0 Å². The molecule has 0 bridgehead atoms. The molecule has 0 unspecified atom stereocenters. The van der Waals surface area contributed by atoms with Gasteiger partial charge in [-0.2, -0.15) is 0 Å². The Kier molecular flexibility index (Phi) is 5.64. The Hall–Kier alpha value is -3.74. The van der Waals surface area contributed by atoms with Crippen LogP contribution in [0.2, 0.25) is 0 Å². The van der Waals surface area contributed by atoms with Crippen LogP contribution in [0.25, 0.3) is 23.1 Å². The van der Waals surface area contributed by atoms with Crippen LogP contribution in [0.3, 0.4) is 0 Å². The summed E-state index contributed by atoms with van der Waals surface area (Å²) in [6.07, 6.45) is 3.46. The lowest BCUT2D eigenvalue weighted by molar-refractivity contribution is -0.385. The van der Waals surface area contributed by atoms with Crippen molar-refractivity contribution in [3.63, 3.8) is 0 Å². The third-order valence-corrected chi connectivity index (χ3v) is 3.87. The lowest BCUT2D eigenvalue weighted by Gasteiger charge is -2.11. The van der Waals surface area contributed by atoms with Gasteiger partial charge in [0.1, 0.15) is 0 Å². The number of nitro benzene ring substituents is 1. The maximum atomic E-state index is 11.5. The summed E-state index contributed by atoms with van der Waals surface area (Å²) >= 11 is 0. The van der Waals surface area contributed by atoms with Gasteiger partial charge in [-0.15, -0.1) is 0 Å². The zero-order valence-corrected chi connectivity index (χ0v) is 15.4. The predicted molar refractivity (Wildman–Crippen MR) is 106 cm³/mol. The molecule has 0 aliphatic rings. The minimum absolute atomic E-state index is 0.137. The van der Waals surface area contributed by atoms with Gasteiger partial charge in [0.05, 0.1) is 22.7 Å². The Labute approximate surface area is 161 Å². The molecule has 3 aromatic rings. The van der Waals surface area contributed by atoms with Crippen LogP contribution in [0.4, 0.5) is 5.69 Å². The molecule has 0 fully saturated rings. The molecule has 0 N–H and O–H groups in total. The van der Waals surface area contributed by atoms with E-state index in [0.29, 0.717) is 11.3 Å². The normalized spacial score (nSPS) is 10.9. The number of ether oxygens (including phenoxy) is 2. The molecule has 0 amide bonds. The third-order valence-electron chi connectivity index (χ3n) is 3.87. The van der Waals surface area contributed by atoms with Gasteiger partial charge in [-0.05, 0) is 36.8 Å². The lowest BCUT2D eigenvalue weighted by Crippen LogP contribution is -2.07. The number of hydrogen-bond donors (Lipinski definition) is 0. The molecule has 7 nitrogen and oxygen atoms in total. The fourth-order valence-electron chi connectivity index (χ4n) is 2.71. The van der Waals surface area contributed by atoms with Crippen LogP contribution in [-0.2, 0) is 4.79 Å². The number of pyridine rings is 1. The highest BCUT2D eigenvalue weighted by atomic mass is 16.6. The van der Waals surface area contributed by atoms with E-state index < -0.39 is 10.9 Å². The molecule has 0 atom stereocenters. The van der Waals surface area contributed by atoms with Gasteiger partial charge in [0.15, 0.2) is 5.75 Å². The number of para-hydroxylation sites is 1. The van der Waals surface area contributed by atoms with Crippen molar-refractivity contribution in [2.75, 3.05) is 6.61 Å². The second kappa shape index (κ2) is 8.30. The van der Waals surface area contributed by atoms with Gasteiger partial charge in [0.25, 0.3) is 0 Å². The standard InChI is InChI=1S/C21H18N2O5/c1-3-27-20-13-15(12-19(23(25)26)21(20)28-14(2)24)8-10-17-11-9-16-6-4-5-7-18(16)22-17/h4-13H,3H2,1-2H3/b10-8+. The summed E-state index contributed by atoms with van der Waals surface area (Å²) in [5.74, 6) is -0.717. The van der Waals surface area contributed by atoms with Crippen molar-refractivity contribution in [2.45, 2.75) is 13.8 Å². The van der Waals surface area contributed by atoms with Crippen LogP contribution in [0.1, 0.15) is 25.1 Å². The van der Waals surface area contributed by atoms with E-state index in [-0.39, 0.29) is 23.8 Å². The molecule has 3 rings (SSSR count). The lowest BCUT2D eigenvalue weighted by atomic mass is 10.1. The zero-order chi connectivity index (χ0) is 20.1. The van der Waals surface area contributed by atoms with Gasteiger partial charge < -0.3 is 9.47 Å². The summed E-state index contributed by atoms with van der Waals surface area (Å²) in [6, 6.07) is 14.5. The Bertz CT molecular complexity index is 1080. The van der Waals surface area contributed by atoms with Crippen LogP contribution in [0.5, 0.6) is 11.5 Å². The smallest absolute Gasteiger partial charge is 0.316 e. The first kappa shape index (κ1) is 19.0. The Morgan fingerprint density at radius 3 is 2.68 bits per heavy atom. The van der Waals surface area contributed by atoms with Crippen LogP contribution in [0.15, 0.2) is 48.5 Å². The van der Waals surface area contributed by atoms with Crippen LogP contribution < -0.4 is 9.47 Å². The zero-order valence-electron chi connectivity index (χ0n) is 15.4. The van der Waals surface area contributed by atoms with Gasteiger partial charge in [-0.3, -0.25) is 14.9 Å². The van der Waals surface area contributed by atoms with E-state index in [9.17, 15) is 14.9 Å². The highest BCUT2D eigenvalue weighted by molar-refractivity contribution is 5.81. The van der Waals surface area contributed by atoms with Crippen molar-refractivity contribution >= 4 is 34.7 Å². The SMILES string of the molecule is CCOc1cc(/C=C/c2ccc3ccccc3n2)cc([N+](=O)[O-])c1OC(C)=O. The quantitative estimate of drug-likeness (QED) is 0.269. The van der Waals surface area contributed by atoms with Crippen molar-refractivity contribution in [1.82, 2.24) is 4.98 Å². The Morgan fingerprint density at radius 1 is 1.18 bits per heavy atom. The molecule has 0 aliphatic heterocycles. The van der Waals surface area contributed by atoms with Crippen molar-refractivity contribution < 1.29 is 19.2 Å². The molecule has 0 saturated heterocycles. The number of nitro groups is 1. The molecule has 1 aromatic heterocycles. The molecule has 0 radical (unpaired) electrons. The average molecular weight is 378 g/mol. The molecule has 28 heavy (non-hydrogen) atoms. The van der Waals surface area contributed by atoms with Crippen LogP contribution in [0, 0.1) is 10.1 Å². The first-order valence-electron chi connectivity index (χ1n) is 8.65. The number of benzene rings is 2. The van der Waals surface area contributed by atoms with Crippen molar-refractivity contribution in [3.05, 3.63) is 69.9 Å². The summed E-state index contributed by atoms with van der Waals surface area (Å²) in [5, 5.41) is 12.5. The number of hydrogen-bond acceptors (Lipinski definition) is 6. The summed E-state index contributed by atoms with van der Waals surface area (Å²) in [6.45, 7) is 3.19. The maximum Gasteiger partial charge on any atom is 0.316 e. The molecule has 142 valence electrons. The number of carbonyl (C=O) groups excluding carboxylic acids is 1. The van der Waals surface area contributed by atoms with E-state index in [0.717, 1.165) is 10.9 Å². The van der Waals surface area contributed by atoms with E-state index >= 15 is 0 Å². The predicted octanol–water partition coefficient (Wildman–Crippen LogP) is 4.64. The van der Waals surface area contributed by atoms with E-state index in [1.807, 2.05) is 36.4 Å². The number of aromatic nitrogens is 1. The number of nitrogens with zero attached hydrogens (tertiary/aromatic N) is 2. The fourth-order valence-corrected chi connectivity index (χ4v) is 2.71. The van der Waals surface area contributed by atoms with Gasteiger partial charge in [-0.25, -0.2) is 4.98 Å². The van der Waals surface area contributed by atoms with Crippen LogP contribution in [-0.4, -0.2) is 22.5 Å². The molecule has 2 aromatic carbocycles. The Morgan fingerprint density at radius 2 is 1.96 bits per heavy atom. The first-order chi connectivity index (χ1) is 13.5. The van der Waals surface area contributed by atoms with E-state index in [2.05, 4.69) is 4.98 Å². The van der Waals surface area contributed by atoms with Gasteiger partial charge in [0.2, 0.25) is 5.75 Å². The van der Waals surface area contributed by atoms with E-state index in [4.69, 9.17) is 9.47 Å². The monoisotopic (exact) mass is 378 g/mol. The maximum absolute atomic E-state index is 11.5. The highest BCUT2D eigenvalue weighted by Gasteiger charge is 2.23. The minimum Gasteiger partial charge on any atom is -0.490 e. The summed E-state index contributed by atoms with van der Waals surface area (Å²) < 4.78 is 10.5. The summed E-state index contributed by atoms with van der Waals surface area (Å²) in [4.78, 5) is 26.7. The van der Waals surface area contributed by atoms with Gasteiger partial charge in [-0.1, -0.05) is 30.3 Å². The van der Waals surface area contributed by atoms with Gasteiger partial charge >= 0.3 is 11.7 Å². The fraction of sp³-hybridized carbons (Fsp3) is 0.143. The molecular weight excluding hydrogens is 360 g/mol. The topological polar surface area (TPSA) is 91.6 Å². The average Bonchev–Trinajstić information content (AvgIpc) is 2.67. The second-order valence-electron chi connectivity index (χ2n) is 5.91. The molecule has 7 heteroatoms. The highest BCUT2D eigenvalue weighted by Crippen LogP contribution is 2.39.